The molecule has 35 heavy (non-hydrogen) atoms. The molecule has 9 heteroatoms. The zero-order chi connectivity index (χ0) is 24.7. The van der Waals surface area contributed by atoms with E-state index in [9.17, 15) is 19.8 Å². The number of aliphatic hydroxyl groups excluding tert-OH is 1. The van der Waals surface area contributed by atoms with Crippen LogP contribution in [0.15, 0.2) is 60.9 Å². The van der Waals surface area contributed by atoms with Gasteiger partial charge in [-0.05, 0) is 66.4 Å². The van der Waals surface area contributed by atoms with Gasteiger partial charge in [0.05, 0.1) is 18.7 Å². The number of nitrogens with zero attached hydrogens (tertiary/aromatic N) is 5. The smallest absolute Gasteiger partial charge is 0.335 e. The van der Waals surface area contributed by atoms with Crippen LogP contribution in [0.25, 0.3) is 22.6 Å². The normalized spacial score (nSPS) is 12.9. The van der Waals surface area contributed by atoms with E-state index in [2.05, 4.69) is 10.2 Å². The number of carboxylic acid groups (broad SMARTS) is 1. The van der Waals surface area contributed by atoms with Crippen LogP contribution in [-0.4, -0.2) is 41.8 Å². The molecule has 9 nitrogen and oxygen atoms in total. The van der Waals surface area contributed by atoms with Crippen molar-refractivity contribution in [1.29, 1.82) is 0 Å². The number of anilines is 1. The summed E-state index contributed by atoms with van der Waals surface area (Å²) >= 11 is 0. The predicted octanol–water partition coefficient (Wildman–Crippen LogP) is 3.94. The highest BCUT2D eigenvalue weighted by molar-refractivity contribution is 6.10. The maximum Gasteiger partial charge on any atom is 0.335 e. The number of carbonyl (C=O) groups excluding carboxylic acids is 1. The lowest BCUT2D eigenvalue weighted by molar-refractivity contribution is 0.0696. The molecule has 0 bridgehead atoms. The van der Waals surface area contributed by atoms with Gasteiger partial charge in [0, 0.05) is 11.6 Å². The third-order valence-corrected chi connectivity index (χ3v) is 6.12. The first-order chi connectivity index (χ1) is 16.9. The molecule has 0 saturated carbocycles. The SMILES string of the molecule is CC(C)n1cnnc1-c1cccc(N2Cc3ccc(-c4ccc(C(=O)O)cc4CO)cc3C2=O)n1. The van der Waals surface area contributed by atoms with Crippen molar-refractivity contribution >= 4 is 17.7 Å². The van der Waals surface area contributed by atoms with Crippen LogP contribution < -0.4 is 4.90 Å². The first-order valence-corrected chi connectivity index (χ1v) is 11.2. The fourth-order valence-electron chi connectivity index (χ4n) is 4.29. The molecular weight excluding hydrogens is 446 g/mol. The van der Waals surface area contributed by atoms with Crippen LogP contribution in [0.4, 0.5) is 5.82 Å². The van der Waals surface area contributed by atoms with Gasteiger partial charge in [-0.15, -0.1) is 10.2 Å². The van der Waals surface area contributed by atoms with Crippen LogP contribution in [-0.2, 0) is 13.2 Å². The van der Waals surface area contributed by atoms with Crippen molar-refractivity contribution in [3.63, 3.8) is 0 Å². The molecule has 2 aromatic carbocycles. The second-order valence-corrected chi connectivity index (χ2v) is 8.64. The molecule has 0 saturated heterocycles. The van der Waals surface area contributed by atoms with Crippen molar-refractivity contribution in [2.45, 2.75) is 33.0 Å². The lowest BCUT2D eigenvalue weighted by atomic mass is 9.95. The van der Waals surface area contributed by atoms with E-state index in [0.717, 1.165) is 11.1 Å². The molecule has 4 aromatic rings. The number of amides is 1. The summed E-state index contributed by atoms with van der Waals surface area (Å²) < 4.78 is 1.92. The number of fused-ring (bicyclic) bond motifs is 1. The number of aromatic carboxylic acids is 1. The van der Waals surface area contributed by atoms with Gasteiger partial charge in [0.25, 0.3) is 5.91 Å². The fraction of sp³-hybridized carbons (Fsp3) is 0.192. The standard InChI is InChI=1S/C26H23N5O4/c1-15(2)31-14-27-29-24(31)22-4-3-5-23(28-22)30-12-18-7-6-16(11-21(18)25(30)33)20-9-8-17(26(34)35)10-19(20)13-32/h3-11,14-15,32H,12-13H2,1-2H3,(H,34,35). The highest BCUT2D eigenvalue weighted by Gasteiger charge is 2.30. The zero-order valence-electron chi connectivity index (χ0n) is 19.2. The van der Waals surface area contributed by atoms with Crippen molar-refractivity contribution in [3.8, 4) is 22.6 Å². The Balaban J connectivity index is 1.48. The average Bonchev–Trinajstić information content (AvgIpc) is 3.49. The van der Waals surface area contributed by atoms with Gasteiger partial charge in [-0.3, -0.25) is 9.69 Å². The molecule has 1 aliphatic rings. The number of hydrogen-bond donors (Lipinski definition) is 2. The molecule has 3 heterocycles. The lowest BCUT2D eigenvalue weighted by Gasteiger charge is -2.16. The van der Waals surface area contributed by atoms with E-state index in [0.29, 0.717) is 40.6 Å². The number of hydrogen-bond acceptors (Lipinski definition) is 6. The van der Waals surface area contributed by atoms with Crippen LogP contribution in [0.3, 0.4) is 0 Å². The minimum Gasteiger partial charge on any atom is -0.478 e. The molecule has 0 spiro atoms. The predicted molar refractivity (Wildman–Crippen MR) is 129 cm³/mol. The van der Waals surface area contributed by atoms with Gasteiger partial charge >= 0.3 is 5.97 Å². The number of benzene rings is 2. The molecule has 0 aliphatic carbocycles. The van der Waals surface area contributed by atoms with Crippen molar-refractivity contribution in [3.05, 3.63) is 83.2 Å². The van der Waals surface area contributed by atoms with E-state index in [1.807, 2.05) is 42.7 Å². The molecule has 1 aliphatic heterocycles. The van der Waals surface area contributed by atoms with Crippen LogP contribution in [0.1, 0.15) is 51.7 Å². The minimum absolute atomic E-state index is 0.0977. The molecule has 2 N–H and O–H groups in total. The molecule has 1 amide bonds. The summed E-state index contributed by atoms with van der Waals surface area (Å²) in [5, 5.41) is 27.2. The highest BCUT2D eigenvalue weighted by Crippen LogP contribution is 2.33. The average molecular weight is 470 g/mol. The Labute approximate surface area is 201 Å². The van der Waals surface area contributed by atoms with Crippen molar-refractivity contribution in [2.24, 2.45) is 0 Å². The summed E-state index contributed by atoms with van der Waals surface area (Å²) in [5.74, 6) is -0.0861. The second kappa shape index (κ2) is 8.77. The third kappa shape index (κ3) is 3.95. The number of carboxylic acids is 1. The maximum atomic E-state index is 13.4. The molecule has 0 unspecified atom stereocenters. The Hall–Kier alpha value is -4.37. The summed E-state index contributed by atoms with van der Waals surface area (Å²) in [6.07, 6.45) is 1.66. The summed E-state index contributed by atoms with van der Waals surface area (Å²) in [4.78, 5) is 31.0. The van der Waals surface area contributed by atoms with Crippen molar-refractivity contribution < 1.29 is 19.8 Å². The van der Waals surface area contributed by atoms with Gasteiger partial charge in [0.1, 0.15) is 17.8 Å². The van der Waals surface area contributed by atoms with Gasteiger partial charge in [-0.25, -0.2) is 9.78 Å². The molecule has 2 aromatic heterocycles. The van der Waals surface area contributed by atoms with Crippen LogP contribution >= 0.6 is 0 Å². The summed E-state index contributed by atoms with van der Waals surface area (Å²) in [7, 11) is 0. The molecule has 5 rings (SSSR count). The van der Waals surface area contributed by atoms with E-state index in [1.165, 1.54) is 12.1 Å². The van der Waals surface area contributed by atoms with E-state index < -0.39 is 5.97 Å². The van der Waals surface area contributed by atoms with E-state index >= 15 is 0 Å². The number of aromatic nitrogens is 4. The zero-order valence-corrected chi connectivity index (χ0v) is 19.2. The van der Waals surface area contributed by atoms with E-state index in [4.69, 9.17) is 4.98 Å². The number of pyridine rings is 1. The van der Waals surface area contributed by atoms with Crippen molar-refractivity contribution in [2.75, 3.05) is 4.90 Å². The van der Waals surface area contributed by atoms with Gasteiger partial charge in [-0.2, -0.15) is 0 Å². The Bertz CT molecular complexity index is 1460. The summed E-state index contributed by atoms with van der Waals surface area (Å²) in [6.45, 7) is 4.14. The molecule has 176 valence electrons. The first-order valence-electron chi connectivity index (χ1n) is 11.2. The van der Waals surface area contributed by atoms with E-state index in [1.54, 1.807) is 29.4 Å². The molecular formula is C26H23N5O4. The Morgan fingerprint density at radius 1 is 1.09 bits per heavy atom. The second-order valence-electron chi connectivity index (χ2n) is 8.64. The molecule has 0 radical (unpaired) electrons. The largest absolute Gasteiger partial charge is 0.478 e. The quantitative estimate of drug-likeness (QED) is 0.439. The van der Waals surface area contributed by atoms with Crippen LogP contribution in [0.5, 0.6) is 0 Å². The summed E-state index contributed by atoms with van der Waals surface area (Å²) in [6, 6.07) is 15.8. The van der Waals surface area contributed by atoms with Gasteiger partial charge in [0.2, 0.25) is 0 Å². The highest BCUT2D eigenvalue weighted by atomic mass is 16.4. The van der Waals surface area contributed by atoms with Gasteiger partial charge < -0.3 is 14.8 Å². The van der Waals surface area contributed by atoms with Crippen LogP contribution in [0.2, 0.25) is 0 Å². The lowest BCUT2D eigenvalue weighted by Crippen LogP contribution is -2.24. The number of carbonyl (C=O) groups is 2. The maximum absolute atomic E-state index is 13.4. The van der Waals surface area contributed by atoms with Crippen molar-refractivity contribution in [1.82, 2.24) is 19.7 Å². The number of aliphatic hydroxyl groups is 1. The van der Waals surface area contributed by atoms with Gasteiger partial charge in [-0.1, -0.05) is 24.3 Å². The Morgan fingerprint density at radius 2 is 1.91 bits per heavy atom. The monoisotopic (exact) mass is 469 g/mol. The Kier molecular flexibility index (Phi) is 5.62. The first kappa shape index (κ1) is 22.4. The molecule has 0 atom stereocenters. The third-order valence-electron chi connectivity index (χ3n) is 6.12. The minimum atomic E-state index is -1.06. The summed E-state index contributed by atoms with van der Waals surface area (Å²) in [5.41, 5.74) is 4.03. The molecule has 0 fully saturated rings. The number of rotatable bonds is 6. The van der Waals surface area contributed by atoms with E-state index in [-0.39, 0.29) is 24.1 Å². The van der Waals surface area contributed by atoms with Crippen LogP contribution in [0, 0.1) is 0 Å². The van der Waals surface area contributed by atoms with Gasteiger partial charge in [0.15, 0.2) is 5.82 Å². The fourth-order valence-corrected chi connectivity index (χ4v) is 4.29. The Morgan fingerprint density at radius 3 is 2.66 bits per heavy atom. The topological polar surface area (TPSA) is 121 Å².